The van der Waals surface area contributed by atoms with Gasteiger partial charge in [-0.25, -0.2) is 4.39 Å². The van der Waals surface area contributed by atoms with Crippen LogP contribution in [0.15, 0.2) is 18.2 Å². The third-order valence-corrected chi connectivity index (χ3v) is 4.10. The molecule has 20 heavy (non-hydrogen) atoms. The maximum atomic E-state index is 13.5. The van der Waals surface area contributed by atoms with E-state index in [1.165, 1.54) is 38.2 Å². The predicted octanol–water partition coefficient (Wildman–Crippen LogP) is 1.66. The maximum absolute atomic E-state index is 13.5. The summed E-state index contributed by atoms with van der Waals surface area (Å²) in [6, 6.07) is 5.22. The fourth-order valence-corrected chi connectivity index (χ4v) is 3.05. The molecule has 2 rings (SSSR count). The normalized spacial score (nSPS) is 20.1. The number of halogens is 1. The quantitative estimate of drug-likeness (QED) is 0.806. The molecular formula is C15H23BFNO2. The van der Waals surface area contributed by atoms with Crippen molar-refractivity contribution in [1.29, 1.82) is 0 Å². The van der Waals surface area contributed by atoms with Gasteiger partial charge in [-0.05, 0) is 37.4 Å². The van der Waals surface area contributed by atoms with Crippen LogP contribution in [-0.2, 0) is 6.54 Å². The zero-order valence-electron chi connectivity index (χ0n) is 12.1. The molecule has 1 saturated heterocycles. The summed E-state index contributed by atoms with van der Waals surface area (Å²) >= 11 is 0. The largest absolute Gasteiger partial charge is 0.491 e. The SMILES string of the molecule is CCCC1CCCCN1Cc1ccc(F)c(B(O)O)c1. The first kappa shape index (κ1) is 15.5. The summed E-state index contributed by atoms with van der Waals surface area (Å²) in [4.78, 5) is 2.44. The van der Waals surface area contributed by atoms with Crippen molar-refractivity contribution in [3.63, 3.8) is 0 Å². The van der Waals surface area contributed by atoms with Gasteiger partial charge in [0.1, 0.15) is 5.82 Å². The van der Waals surface area contributed by atoms with Crippen molar-refractivity contribution in [1.82, 2.24) is 4.90 Å². The van der Waals surface area contributed by atoms with E-state index in [1.807, 2.05) is 0 Å². The van der Waals surface area contributed by atoms with Gasteiger partial charge in [0, 0.05) is 18.0 Å². The lowest BCUT2D eigenvalue weighted by Crippen LogP contribution is -2.39. The highest BCUT2D eigenvalue weighted by molar-refractivity contribution is 6.58. The fourth-order valence-electron chi connectivity index (χ4n) is 3.05. The maximum Gasteiger partial charge on any atom is 0.491 e. The molecule has 0 aromatic heterocycles. The molecule has 1 fully saturated rings. The second-order valence-electron chi connectivity index (χ2n) is 5.64. The zero-order chi connectivity index (χ0) is 14.5. The van der Waals surface area contributed by atoms with Crippen LogP contribution in [0, 0.1) is 5.82 Å². The van der Waals surface area contributed by atoms with E-state index in [1.54, 1.807) is 12.1 Å². The highest BCUT2D eigenvalue weighted by Gasteiger charge is 2.23. The van der Waals surface area contributed by atoms with Crippen molar-refractivity contribution in [3.05, 3.63) is 29.6 Å². The van der Waals surface area contributed by atoms with Gasteiger partial charge in [-0.3, -0.25) is 4.90 Å². The molecule has 1 unspecified atom stereocenters. The topological polar surface area (TPSA) is 43.7 Å². The summed E-state index contributed by atoms with van der Waals surface area (Å²) in [5.41, 5.74) is 0.907. The monoisotopic (exact) mass is 279 g/mol. The number of hydrogen-bond acceptors (Lipinski definition) is 3. The van der Waals surface area contributed by atoms with Crippen molar-refractivity contribution in [2.45, 2.75) is 51.6 Å². The molecule has 1 aromatic rings. The second-order valence-corrected chi connectivity index (χ2v) is 5.64. The average molecular weight is 279 g/mol. The minimum absolute atomic E-state index is 0.0356. The van der Waals surface area contributed by atoms with Gasteiger partial charge in [-0.15, -0.1) is 0 Å². The lowest BCUT2D eigenvalue weighted by Gasteiger charge is -2.35. The molecule has 5 heteroatoms. The standard InChI is InChI=1S/C15H23BFNO2/c1-2-5-13-6-3-4-9-18(13)11-12-7-8-15(17)14(10-12)16(19)20/h7-8,10,13,19-20H,2-6,9,11H2,1H3. The van der Waals surface area contributed by atoms with Crippen LogP contribution in [-0.4, -0.2) is 34.7 Å². The van der Waals surface area contributed by atoms with Gasteiger partial charge in [0.2, 0.25) is 0 Å². The lowest BCUT2D eigenvalue weighted by atomic mass is 9.79. The Kier molecular flexibility index (Phi) is 5.58. The Morgan fingerprint density at radius 1 is 1.35 bits per heavy atom. The van der Waals surface area contributed by atoms with Gasteiger partial charge in [0.25, 0.3) is 0 Å². The molecule has 0 radical (unpaired) electrons. The Labute approximate surface area is 120 Å². The van der Waals surface area contributed by atoms with Crippen LogP contribution < -0.4 is 5.46 Å². The molecule has 1 aliphatic rings. The number of nitrogens with zero attached hydrogens (tertiary/aromatic N) is 1. The molecule has 0 aliphatic carbocycles. The fraction of sp³-hybridized carbons (Fsp3) is 0.600. The van der Waals surface area contributed by atoms with E-state index in [0.717, 1.165) is 18.7 Å². The summed E-state index contributed by atoms with van der Waals surface area (Å²) < 4.78 is 13.5. The van der Waals surface area contributed by atoms with E-state index in [4.69, 9.17) is 0 Å². The van der Waals surface area contributed by atoms with Crippen molar-refractivity contribution >= 4 is 12.6 Å². The molecule has 110 valence electrons. The highest BCUT2D eigenvalue weighted by atomic mass is 19.1. The van der Waals surface area contributed by atoms with Crippen LogP contribution in [0.5, 0.6) is 0 Å². The van der Waals surface area contributed by atoms with E-state index in [9.17, 15) is 14.4 Å². The summed E-state index contributed by atoms with van der Waals surface area (Å²) in [5.74, 6) is -0.562. The molecule has 0 amide bonds. The smallest absolute Gasteiger partial charge is 0.423 e. The van der Waals surface area contributed by atoms with Crippen molar-refractivity contribution in [2.24, 2.45) is 0 Å². The molecular weight excluding hydrogens is 256 g/mol. The summed E-state index contributed by atoms with van der Waals surface area (Å²) in [6.07, 6.45) is 6.08. The minimum Gasteiger partial charge on any atom is -0.423 e. The van der Waals surface area contributed by atoms with Crippen LogP contribution in [0.2, 0.25) is 0 Å². The van der Waals surface area contributed by atoms with Gasteiger partial charge < -0.3 is 10.0 Å². The van der Waals surface area contributed by atoms with Crippen molar-refractivity contribution < 1.29 is 14.4 Å². The van der Waals surface area contributed by atoms with E-state index in [0.29, 0.717) is 6.04 Å². The molecule has 3 nitrogen and oxygen atoms in total. The first-order valence-corrected chi connectivity index (χ1v) is 7.50. The molecule has 0 spiro atoms. The number of likely N-dealkylation sites (tertiary alicyclic amines) is 1. The van der Waals surface area contributed by atoms with Crippen LogP contribution in [0.1, 0.15) is 44.6 Å². The zero-order valence-corrected chi connectivity index (χ0v) is 12.1. The first-order chi connectivity index (χ1) is 9.61. The average Bonchev–Trinajstić information content (AvgIpc) is 2.43. The molecule has 1 aliphatic heterocycles. The van der Waals surface area contributed by atoms with E-state index < -0.39 is 12.9 Å². The third kappa shape index (κ3) is 3.81. The van der Waals surface area contributed by atoms with Crippen LogP contribution in [0.4, 0.5) is 4.39 Å². The van der Waals surface area contributed by atoms with Gasteiger partial charge in [0.05, 0.1) is 0 Å². The summed E-state index contributed by atoms with van der Waals surface area (Å²) in [7, 11) is -1.75. The Balaban J connectivity index is 2.09. The summed E-state index contributed by atoms with van der Waals surface area (Å²) in [5, 5.41) is 18.3. The minimum atomic E-state index is -1.75. The summed E-state index contributed by atoms with van der Waals surface area (Å²) in [6.45, 7) is 4.02. The van der Waals surface area contributed by atoms with Gasteiger partial charge in [-0.2, -0.15) is 0 Å². The molecule has 2 N–H and O–H groups in total. The van der Waals surface area contributed by atoms with Crippen molar-refractivity contribution in [3.8, 4) is 0 Å². The van der Waals surface area contributed by atoms with Crippen molar-refractivity contribution in [2.75, 3.05) is 6.54 Å². The number of hydrogen-bond donors (Lipinski definition) is 2. The van der Waals surface area contributed by atoms with Crippen LogP contribution >= 0.6 is 0 Å². The lowest BCUT2D eigenvalue weighted by molar-refractivity contribution is 0.131. The van der Waals surface area contributed by atoms with Gasteiger partial charge in [0.15, 0.2) is 0 Å². The van der Waals surface area contributed by atoms with E-state index in [2.05, 4.69) is 11.8 Å². The van der Waals surface area contributed by atoms with E-state index >= 15 is 0 Å². The Bertz CT molecular complexity index is 440. The molecule has 1 aromatic carbocycles. The van der Waals surface area contributed by atoms with E-state index in [-0.39, 0.29) is 5.46 Å². The third-order valence-electron chi connectivity index (χ3n) is 4.10. The Hall–Kier alpha value is -0.905. The van der Waals surface area contributed by atoms with Gasteiger partial charge in [-0.1, -0.05) is 31.9 Å². The number of rotatable bonds is 5. The number of benzene rings is 1. The second kappa shape index (κ2) is 7.20. The molecule has 0 bridgehead atoms. The molecule has 1 heterocycles. The number of piperidine rings is 1. The van der Waals surface area contributed by atoms with Crippen LogP contribution in [0.3, 0.4) is 0 Å². The molecule has 1 atom stereocenters. The highest BCUT2D eigenvalue weighted by Crippen LogP contribution is 2.22. The predicted molar refractivity (Wildman–Crippen MR) is 79.2 cm³/mol. The Morgan fingerprint density at radius 3 is 2.85 bits per heavy atom. The van der Waals surface area contributed by atoms with Crippen LogP contribution in [0.25, 0.3) is 0 Å². The Morgan fingerprint density at radius 2 is 2.15 bits per heavy atom. The first-order valence-electron chi connectivity index (χ1n) is 7.50. The van der Waals surface area contributed by atoms with Gasteiger partial charge >= 0.3 is 7.12 Å². The molecule has 0 saturated carbocycles.